The van der Waals surface area contributed by atoms with Gasteiger partial charge in [0.05, 0.1) is 10.5 Å². The number of halogens is 1. The zero-order valence-corrected chi connectivity index (χ0v) is 15.7. The third-order valence-electron chi connectivity index (χ3n) is 4.91. The quantitative estimate of drug-likeness (QED) is 0.626. The van der Waals surface area contributed by atoms with Crippen molar-refractivity contribution in [1.29, 1.82) is 0 Å². The largest absolute Gasteiger partial charge is 0.368 e. The van der Waals surface area contributed by atoms with Crippen LogP contribution in [-0.4, -0.2) is 29.0 Å². The maximum Gasteiger partial charge on any atom is 0.223 e. The number of para-hydroxylation sites is 1. The molecule has 0 bridgehead atoms. The number of rotatable bonds is 6. The Morgan fingerprint density at radius 1 is 1.04 bits per heavy atom. The first-order chi connectivity index (χ1) is 13.2. The summed E-state index contributed by atoms with van der Waals surface area (Å²) in [5, 5.41) is 7.89. The molecule has 5 nitrogen and oxygen atoms in total. The van der Waals surface area contributed by atoms with Crippen LogP contribution < -0.4 is 10.6 Å². The number of carbonyl (C=O) groups is 1. The lowest BCUT2D eigenvalue weighted by molar-refractivity contribution is -0.127. The van der Waals surface area contributed by atoms with Crippen LogP contribution in [0.1, 0.15) is 19.3 Å². The third-order valence-corrected chi connectivity index (χ3v) is 5.24. The van der Waals surface area contributed by atoms with E-state index in [1.54, 1.807) is 0 Å². The number of amides is 1. The lowest BCUT2D eigenvalue weighted by Crippen LogP contribution is -2.36. The molecule has 1 fully saturated rings. The second-order valence-corrected chi connectivity index (χ2v) is 7.15. The number of hydrogen-bond donors (Lipinski definition) is 2. The number of nitrogens with zero attached hydrogens (tertiary/aromatic N) is 2. The lowest BCUT2D eigenvalue weighted by atomic mass is 9.85. The van der Waals surface area contributed by atoms with Gasteiger partial charge in [-0.25, -0.2) is 9.97 Å². The van der Waals surface area contributed by atoms with Gasteiger partial charge in [-0.15, -0.1) is 0 Å². The molecule has 0 unspecified atom stereocenters. The zero-order valence-electron chi connectivity index (χ0n) is 14.9. The van der Waals surface area contributed by atoms with E-state index in [-0.39, 0.29) is 11.8 Å². The molecule has 1 aromatic heterocycles. The molecular formula is C21H21ClN4O. The van der Waals surface area contributed by atoms with E-state index in [9.17, 15) is 4.79 Å². The zero-order chi connectivity index (χ0) is 18.6. The number of hydrogen-bond acceptors (Lipinski definition) is 4. The summed E-state index contributed by atoms with van der Waals surface area (Å²) >= 11 is 6.32. The molecule has 4 rings (SSSR count). The Kier molecular flexibility index (Phi) is 5.21. The Morgan fingerprint density at radius 3 is 2.59 bits per heavy atom. The van der Waals surface area contributed by atoms with E-state index < -0.39 is 0 Å². The highest BCUT2D eigenvalue weighted by Crippen LogP contribution is 2.29. The van der Waals surface area contributed by atoms with Crippen LogP contribution in [-0.2, 0) is 4.79 Å². The summed E-state index contributed by atoms with van der Waals surface area (Å²) in [6.45, 7) is 1.16. The van der Waals surface area contributed by atoms with Gasteiger partial charge < -0.3 is 10.6 Å². The summed E-state index contributed by atoms with van der Waals surface area (Å²) in [7, 11) is 0. The van der Waals surface area contributed by atoms with Crippen molar-refractivity contribution < 1.29 is 4.79 Å². The molecule has 1 aliphatic rings. The second-order valence-electron chi connectivity index (χ2n) is 6.74. The first-order valence-corrected chi connectivity index (χ1v) is 9.63. The minimum atomic E-state index is 0.160. The molecule has 0 spiro atoms. The van der Waals surface area contributed by atoms with Gasteiger partial charge in [0.2, 0.25) is 5.91 Å². The molecule has 138 valence electrons. The highest BCUT2D eigenvalue weighted by Gasteiger charge is 2.24. The Bertz CT molecular complexity index is 971. The first kappa shape index (κ1) is 17.7. The Morgan fingerprint density at radius 2 is 1.81 bits per heavy atom. The van der Waals surface area contributed by atoms with E-state index in [1.165, 1.54) is 0 Å². The van der Waals surface area contributed by atoms with Gasteiger partial charge >= 0.3 is 0 Å². The molecule has 0 radical (unpaired) electrons. The van der Waals surface area contributed by atoms with E-state index in [0.717, 1.165) is 41.5 Å². The molecule has 1 saturated carbocycles. The van der Waals surface area contributed by atoms with E-state index in [4.69, 9.17) is 16.6 Å². The summed E-state index contributed by atoms with van der Waals surface area (Å²) < 4.78 is 0. The van der Waals surface area contributed by atoms with Crippen LogP contribution >= 0.6 is 11.6 Å². The molecule has 3 aromatic rings. The van der Waals surface area contributed by atoms with Gasteiger partial charge in [0.25, 0.3) is 0 Å². The van der Waals surface area contributed by atoms with Gasteiger partial charge in [-0.1, -0.05) is 42.3 Å². The molecule has 2 N–H and O–H groups in total. The molecule has 0 aliphatic heterocycles. The highest BCUT2D eigenvalue weighted by molar-refractivity contribution is 6.33. The van der Waals surface area contributed by atoms with Gasteiger partial charge in [0.15, 0.2) is 5.82 Å². The van der Waals surface area contributed by atoms with Crippen molar-refractivity contribution in [1.82, 2.24) is 15.3 Å². The maximum atomic E-state index is 11.9. The number of fused-ring (bicyclic) bond motifs is 1. The van der Waals surface area contributed by atoms with Crippen LogP contribution in [0.3, 0.4) is 0 Å². The van der Waals surface area contributed by atoms with Gasteiger partial charge in [0, 0.05) is 30.0 Å². The third kappa shape index (κ3) is 3.88. The van der Waals surface area contributed by atoms with Gasteiger partial charge in [-0.05, 0) is 37.1 Å². The molecule has 0 atom stereocenters. The number of carbonyl (C=O) groups excluding carboxylic acids is 1. The molecule has 1 aliphatic carbocycles. The summed E-state index contributed by atoms with van der Waals surface area (Å²) in [5.41, 5.74) is 1.65. The molecule has 27 heavy (non-hydrogen) atoms. The van der Waals surface area contributed by atoms with Crippen molar-refractivity contribution in [2.75, 3.05) is 18.4 Å². The lowest BCUT2D eigenvalue weighted by Gasteiger charge is -2.24. The molecule has 0 saturated heterocycles. The predicted octanol–water partition coefficient (Wildman–Crippen LogP) is 4.28. The van der Waals surface area contributed by atoms with Crippen molar-refractivity contribution in [3.8, 4) is 11.4 Å². The topological polar surface area (TPSA) is 66.9 Å². The summed E-state index contributed by atoms with van der Waals surface area (Å²) in [5.74, 6) is 1.69. The van der Waals surface area contributed by atoms with Crippen molar-refractivity contribution in [3.05, 3.63) is 53.6 Å². The van der Waals surface area contributed by atoms with Crippen LogP contribution in [0.4, 0.5) is 5.82 Å². The SMILES string of the molecule is O=C(NCCNc1nc(-c2ccccc2Cl)nc2ccccc12)C1CCC1. The first-order valence-electron chi connectivity index (χ1n) is 9.25. The summed E-state index contributed by atoms with van der Waals surface area (Å²) in [4.78, 5) is 21.3. The Hall–Kier alpha value is -2.66. The fourth-order valence-corrected chi connectivity index (χ4v) is 3.38. The van der Waals surface area contributed by atoms with Crippen molar-refractivity contribution in [3.63, 3.8) is 0 Å². The predicted molar refractivity (Wildman–Crippen MR) is 109 cm³/mol. The van der Waals surface area contributed by atoms with E-state index in [1.807, 2.05) is 48.5 Å². The van der Waals surface area contributed by atoms with Gasteiger partial charge in [-0.2, -0.15) is 0 Å². The monoisotopic (exact) mass is 380 g/mol. The Balaban J connectivity index is 1.53. The summed E-state index contributed by atoms with van der Waals surface area (Å²) in [6, 6.07) is 15.4. The van der Waals surface area contributed by atoms with Crippen molar-refractivity contribution >= 4 is 34.2 Å². The average molecular weight is 381 g/mol. The van der Waals surface area contributed by atoms with E-state index in [0.29, 0.717) is 23.9 Å². The number of benzene rings is 2. The van der Waals surface area contributed by atoms with E-state index in [2.05, 4.69) is 15.6 Å². The minimum absolute atomic E-state index is 0.160. The number of anilines is 1. The maximum absolute atomic E-state index is 11.9. The van der Waals surface area contributed by atoms with Crippen LogP contribution in [0.25, 0.3) is 22.3 Å². The minimum Gasteiger partial charge on any atom is -0.368 e. The van der Waals surface area contributed by atoms with E-state index >= 15 is 0 Å². The van der Waals surface area contributed by atoms with Crippen molar-refractivity contribution in [2.24, 2.45) is 5.92 Å². The molecular weight excluding hydrogens is 360 g/mol. The molecule has 2 aromatic carbocycles. The van der Waals surface area contributed by atoms with Crippen LogP contribution in [0.2, 0.25) is 5.02 Å². The summed E-state index contributed by atoms with van der Waals surface area (Å²) in [6.07, 6.45) is 3.18. The van der Waals surface area contributed by atoms with Crippen LogP contribution in [0, 0.1) is 5.92 Å². The average Bonchev–Trinajstić information content (AvgIpc) is 2.64. The molecule has 1 heterocycles. The molecule has 1 amide bonds. The smallest absolute Gasteiger partial charge is 0.223 e. The highest BCUT2D eigenvalue weighted by atomic mass is 35.5. The fourth-order valence-electron chi connectivity index (χ4n) is 3.16. The van der Waals surface area contributed by atoms with Crippen LogP contribution in [0.5, 0.6) is 0 Å². The van der Waals surface area contributed by atoms with Crippen LogP contribution in [0.15, 0.2) is 48.5 Å². The van der Waals surface area contributed by atoms with Crippen molar-refractivity contribution in [2.45, 2.75) is 19.3 Å². The Labute approximate surface area is 163 Å². The number of nitrogens with one attached hydrogen (secondary N) is 2. The second kappa shape index (κ2) is 7.92. The molecule has 6 heteroatoms. The standard InChI is InChI=1S/C21H21ClN4O/c22-17-10-3-1-8-15(17)20-25-18-11-4-2-9-16(18)19(26-20)23-12-13-24-21(27)14-6-5-7-14/h1-4,8-11,14H,5-7,12-13H2,(H,24,27)(H,23,25,26). The van der Waals surface area contributed by atoms with Gasteiger partial charge in [-0.3, -0.25) is 4.79 Å². The normalized spacial score (nSPS) is 14.0. The number of aromatic nitrogens is 2. The van der Waals surface area contributed by atoms with Gasteiger partial charge in [0.1, 0.15) is 5.82 Å². The fraction of sp³-hybridized carbons (Fsp3) is 0.286.